The standard InChI is InChI=1S/C16H26O2/c1-11-7-12(2)15(13(3)8-11)9-14(17)10-16(4,5)18-6/h7-8,14,17H,9-10H2,1-6H3. The Morgan fingerprint density at radius 3 is 2.11 bits per heavy atom. The van der Waals surface area contributed by atoms with Crippen LogP contribution >= 0.6 is 0 Å². The van der Waals surface area contributed by atoms with Crippen molar-refractivity contribution in [3.8, 4) is 0 Å². The zero-order chi connectivity index (χ0) is 13.9. The van der Waals surface area contributed by atoms with Crippen LogP contribution in [0.2, 0.25) is 0 Å². The summed E-state index contributed by atoms with van der Waals surface area (Å²) in [6, 6.07) is 4.35. The van der Waals surface area contributed by atoms with Crippen LogP contribution in [0.1, 0.15) is 42.5 Å². The lowest BCUT2D eigenvalue weighted by Gasteiger charge is -2.26. The Bertz CT molecular complexity index is 385. The van der Waals surface area contributed by atoms with Gasteiger partial charge in [0.1, 0.15) is 0 Å². The van der Waals surface area contributed by atoms with Crippen molar-refractivity contribution in [1.82, 2.24) is 0 Å². The van der Waals surface area contributed by atoms with Gasteiger partial charge in [-0.05, 0) is 57.7 Å². The Morgan fingerprint density at radius 2 is 1.67 bits per heavy atom. The van der Waals surface area contributed by atoms with E-state index in [0.29, 0.717) is 12.8 Å². The molecule has 2 nitrogen and oxygen atoms in total. The minimum absolute atomic E-state index is 0.272. The van der Waals surface area contributed by atoms with Crippen molar-refractivity contribution >= 4 is 0 Å². The van der Waals surface area contributed by atoms with Crippen LogP contribution in [0.15, 0.2) is 12.1 Å². The molecule has 1 atom stereocenters. The molecule has 0 heterocycles. The highest BCUT2D eigenvalue weighted by atomic mass is 16.5. The van der Waals surface area contributed by atoms with E-state index >= 15 is 0 Å². The molecule has 1 rings (SSSR count). The first-order valence-corrected chi connectivity index (χ1v) is 6.55. The zero-order valence-electron chi connectivity index (χ0n) is 12.5. The minimum Gasteiger partial charge on any atom is -0.393 e. The summed E-state index contributed by atoms with van der Waals surface area (Å²) in [4.78, 5) is 0. The third-order valence-corrected chi connectivity index (χ3v) is 3.56. The van der Waals surface area contributed by atoms with Crippen molar-refractivity contribution in [2.45, 2.75) is 59.2 Å². The quantitative estimate of drug-likeness (QED) is 0.868. The number of benzene rings is 1. The minimum atomic E-state index is -0.361. The topological polar surface area (TPSA) is 29.5 Å². The molecule has 1 aromatic carbocycles. The van der Waals surface area contributed by atoms with Crippen molar-refractivity contribution in [2.24, 2.45) is 0 Å². The van der Waals surface area contributed by atoms with Crippen molar-refractivity contribution in [3.05, 3.63) is 34.4 Å². The molecule has 0 saturated carbocycles. The van der Waals surface area contributed by atoms with E-state index in [0.717, 1.165) is 0 Å². The monoisotopic (exact) mass is 250 g/mol. The molecular weight excluding hydrogens is 224 g/mol. The molecule has 0 bridgehead atoms. The highest BCUT2D eigenvalue weighted by molar-refractivity contribution is 5.37. The SMILES string of the molecule is COC(C)(C)CC(O)Cc1c(C)cc(C)cc1C. The normalized spacial score (nSPS) is 13.7. The molecule has 102 valence electrons. The molecule has 0 spiro atoms. The van der Waals surface area contributed by atoms with Crippen LogP contribution < -0.4 is 0 Å². The molecule has 1 aromatic rings. The average Bonchev–Trinajstić information content (AvgIpc) is 2.22. The van der Waals surface area contributed by atoms with Crippen molar-refractivity contribution in [3.63, 3.8) is 0 Å². The van der Waals surface area contributed by atoms with Crippen molar-refractivity contribution in [1.29, 1.82) is 0 Å². The smallest absolute Gasteiger partial charge is 0.0647 e. The van der Waals surface area contributed by atoms with E-state index in [9.17, 15) is 5.11 Å². The number of hydrogen-bond acceptors (Lipinski definition) is 2. The van der Waals surface area contributed by atoms with Gasteiger partial charge in [-0.3, -0.25) is 0 Å². The maximum Gasteiger partial charge on any atom is 0.0647 e. The lowest BCUT2D eigenvalue weighted by Crippen LogP contribution is -2.30. The lowest BCUT2D eigenvalue weighted by atomic mass is 9.91. The fourth-order valence-electron chi connectivity index (χ4n) is 2.49. The number of hydrogen-bond donors (Lipinski definition) is 1. The predicted molar refractivity (Wildman–Crippen MR) is 76.1 cm³/mol. The molecule has 0 aliphatic heterocycles. The second-order valence-electron chi connectivity index (χ2n) is 5.90. The molecule has 0 amide bonds. The molecule has 0 aliphatic carbocycles. The maximum atomic E-state index is 10.2. The van der Waals surface area contributed by atoms with E-state index in [1.165, 1.54) is 22.3 Å². The van der Waals surface area contributed by atoms with Gasteiger partial charge in [-0.1, -0.05) is 17.7 Å². The number of rotatable bonds is 5. The van der Waals surface area contributed by atoms with E-state index in [4.69, 9.17) is 4.74 Å². The number of aliphatic hydroxyl groups excluding tert-OH is 1. The molecule has 0 aromatic heterocycles. The summed E-state index contributed by atoms with van der Waals surface area (Å²) < 4.78 is 5.37. The van der Waals surface area contributed by atoms with Crippen LogP contribution in [0.25, 0.3) is 0 Å². The van der Waals surface area contributed by atoms with Gasteiger partial charge < -0.3 is 9.84 Å². The van der Waals surface area contributed by atoms with Gasteiger partial charge in [-0.25, -0.2) is 0 Å². The number of methoxy groups -OCH3 is 1. The first kappa shape index (κ1) is 15.2. The third kappa shape index (κ3) is 4.11. The van der Waals surface area contributed by atoms with Gasteiger partial charge in [0.2, 0.25) is 0 Å². The highest BCUT2D eigenvalue weighted by Crippen LogP contribution is 2.22. The van der Waals surface area contributed by atoms with Crippen LogP contribution in [-0.4, -0.2) is 23.9 Å². The first-order chi connectivity index (χ1) is 8.25. The van der Waals surface area contributed by atoms with Gasteiger partial charge in [0.15, 0.2) is 0 Å². The summed E-state index contributed by atoms with van der Waals surface area (Å²) in [5, 5.41) is 10.2. The molecule has 2 heteroatoms. The summed E-state index contributed by atoms with van der Waals surface area (Å²) in [5.41, 5.74) is 4.80. The van der Waals surface area contributed by atoms with Gasteiger partial charge in [-0.2, -0.15) is 0 Å². The Hall–Kier alpha value is -0.860. The molecular formula is C16H26O2. The summed E-state index contributed by atoms with van der Waals surface area (Å²) in [6.07, 6.45) is 0.987. The third-order valence-electron chi connectivity index (χ3n) is 3.56. The van der Waals surface area contributed by atoms with Crippen LogP contribution in [-0.2, 0) is 11.2 Å². The second-order valence-corrected chi connectivity index (χ2v) is 5.90. The summed E-state index contributed by atoms with van der Waals surface area (Å²) in [6.45, 7) is 10.3. The van der Waals surface area contributed by atoms with Crippen molar-refractivity contribution < 1.29 is 9.84 Å². The van der Waals surface area contributed by atoms with E-state index in [1.54, 1.807) is 7.11 Å². The summed E-state index contributed by atoms with van der Waals surface area (Å²) in [5.74, 6) is 0. The molecule has 18 heavy (non-hydrogen) atoms. The highest BCUT2D eigenvalue weighted by Gasteiger charge is 2.22. The molecule has 0 fully saturated rings. The van der Waals surface area contributed by atoms with E-state index in [2.05, 4.69) is 32.9 Å². The van der Waals surface area contributed by atoms with Crippen molar-refractivity contribution in [2.75, 3.05) is 7.11 Å². The van der Waals surface area contributed by atoms with Crippen LogP contribution in [0.4, 0.5) is 0 Å². The molecule has 0 aliphatic rings. The van der Waals surface area contributed by atoms with Crippen LogP contribution in [0, 0.1) is 20.8 Å². The first-order valence-electron chi connectivity index (χ1n) is 6.55. The lowest BCUT2D eigenvalue weighted by molar-refractivity contribution is -0.0191. The Kier molecular flexibility index (Phi) is 4.94. The van der Waals surface area contributed by atoms with Gasteiger partial charge in [-0.15, -0.1) is 0 Å². The van der Waals surface area contributed by atoms with E-state index < -0.39 is 0 Å². The van der Waals surface area contributed by atoms with Gasteiger partial charge in [0.05, 0.1) is 11.7 Å². The molecule has 0 saturated heterocycles. The fourth-order valence-corrected chi connectivity index (χ4v) is 2.49. The zero-order valence-corrected chi connectivity index (χ0v) is 12.5. The Balaban J connectivity index is 2.79. The van der Waals surface area contributed by atoms with Gasteiger partial charge in [0.25, 0.3) is 0 Å². The molecule has 1 N–H and O–H groups in total. The number of ether oxygens (including phenoxy) is 1. The second kappa shape index (κ2) is 5.85. The van der Waals surface area contributed by atoms with Crippen LogP contribution in [0.5, 0.6) is 0 Å². The average molecular weight is 250 g/mol. The number of aliphatic hydroxyl groups is 1. The van der Waals surface area contributed by atoms with E-state index in [1.807, 2.05) is 13.8 Å². The summed E-state index contributed by atoms with van der Waals surface area (Å²) in [7, 11) is 1.69. The van der Waals surface area contributed by atoms with Gasteiger partial charge in [0, 0.05) is 13.5 Å². The van der Waals surface area contributed by atoms with E-state index in [-0.39, 0.29) is 11.7 Å². The molecule has 0 radical (unpaired) electrons. The Labute approximate surface area is 111 Å². The fraction of sp³-hybridized carbons (Fsp3) is 0.625. The largest absolute Gasteiger partial charge is 0.393 e. The number of aryl methyl sites for hydroxylation is 3. The maximum absolute atomic E-state index is 10.2. The van der Waals surface area contributed by atoms with Gasteiger partial charge >= 0.3 is 0 Å². The summed E-state index contributed by atoms with van der Waals surface area (Å²) >= 11 is 0. The Morgan fingerprint density at radius 1 is 1.17 bits per heavy atom. The molecule has 1 unspecified atom stereocenters. The van der Waals surface area contributed by atoms with Crippen LogP contribution in [0.3, 0.4) is 0 Å². The predicted octanol–water partition coefficient (Wildman–Crippen LogP) is 3.33.